The number of thiazole rings is 1. The molecular formula is C28H39N3O4S. The number of β-amino-alcohol motifs (C(OH)–C–C–N with tert-alkyl or cyclic N) is 1. The highest BCUT2D eigenvalue weighted by molar-refractivity contribution is 7.13. The highest BCUT2D eigenvalue weighted by atomic mass is 32.1. The molecule has 3 atom stereocenters. The lowest BCUT2D eigenvalue weighted by molar-refractivity contribution is -0.144. The molecule has 3 rings (SSSR count). The molecule has 1 aromatic carbocycles. The molecule has 0 bridgehead atoms. The minimum Gasteiger partial charge on any atom is -0.391 e. The molecule has 0 radical (unpaired) electrons. The number of carbonyl (C=O) groups excluding carboxylic acids is 3. The van der Waals surface area contributed by atoms with Crippen molar-refractivity contribution in [3.63, 3.8) is 0 Å². The van der Waals surface area contributed by atoms with E-state index in [9.17, 15) is 19.5 Å². The van der Waals surface area contributed by atoms with Gasteiger partial charge in [0.2, 0.25) is 11.8 Å². The summed E-state index contributed by atoms with van der Waals surface area (Å²) in [5.41, 5.74) is 3.76. The molecule has 1 unspecified atom stereocenters. The number of Topliss-reactive ketones (excluding diaryl/α,β-unsaturated/α-hetero) is 1. The third-order valence-corrected chi connectivity index (χ3v) is 7.60. The molecule has 2 heterocycles. The van der Waals surface area contributed by atoms with Gasteiger partial charge < -0.3 is 15.3 Å². The van der Waals surface area contributed by atoms with Gasteiger partial charge in [-0.2, -0.15) is 0 Å². The first-order valence-electron chi connectivity index (χ1n) is 12.5. The Morgan fingerprint density at radius 2 is 1.78 bits per heavy atom. The SMILES string of the molecule is Cc1ncsc1-c1ccc(CCC(=O)C2C[C@@H](O)CN2C(=O)[C@@H](NC(=O)C(C)(C)C)C(C)(C)C)cc1. The maximum Gasteiger partial charge on any atom is 0.246 e. The van der Waals surface area contributed by atoms with Crippen molar-refractivity contribution < 1.29 is 19.5 Å². The Morgan fingerprint density at radius 1 is 1.14 bits per heavy atom. The second-order valence-corrected chi connectivity index (χ2v) is 12.7. The average Bonchev–Trinajstić information content (AvgIpc) is 3.39. The monoisotopic (exact) mass is 513 g/mol. The molecule has 0 spiro atoms. The third kappa shape index (κ3) is 6.59. The normalized spacial score (nSPS) is 19.3. The number of rotatable bonds is 7. The summed E-state index contributed by atoms with van der Waals surface area (Å²) in [6.45, 7) is 13.1. The molecule has 0 saturated carbocycles. The van der Waals surface area contributed by atoms with Crippen LogP contribution in [0.3, 0.4) is 0 Å². The Kier molecular flexibility index (Phi) is 8.41. The number of aryl methyl sites for hydroxylation is 2. The van der Waals surface area contributed by atoms with Crippen molar-refractivity contribution in [2.75, 3.05) is 6.54 Å². The number of aliphatic hydroxyl groups excluding tert-OH is 1. The summed E-state index contributed by atoms with van der Waals surface area (Å²) in [7, 11) is 0. The van der Waals surface area contributed by atoms with E-state index in [4.69, 9.17) is 0 Å². The van der Waals surface area contributed by atoms with Gasteiger partial charge in [0.25, 0.3) is 0 Å². The molecule has 196 valence electrons. The van der Waals surface area contributed by atoms with E-state index in [-0.39, 0.29) is 37.0 Å². The van der Waals surface area contributed by atoms with E-state index in [0.29, 0.717) is 6.42 Å². The Bertz CT molecular complexity index is 1100. The van der Waals surface area contributed by atoms with Crippen molar-refractivity contribution in [3.05, 3.63) is 41.0 Å². The van der Waals surface area contributed by atoms with Crippen molar-refractivity contribution in [1.29, 1.82) is 0 Å². The predicted molar refractivity (Wildman–Crippen MR) is 143 cm³/mol. The van der Waals surface area contributed by atoms with Gasteiger partial charge in [0.15, 0.2) is 5.78 Å². The minimum absolute atomic E-state index is 0.0721. The number of carbonyl (C=O) groups is 3. The molecule has 0 aliphatic carbocycles. The number of likely N-dealkylation sites (tertiary alicyclic amines) is 1. The van der Waals surface area contributed by atoms with Crippen molar-refractivity contribution in [2.24, 2.45) is 10.8 Å². The van der Waals surface area contributed by atoms with Crippen molar-refractivity contribution >= 4 is 28.9 Å². The lowest BCUT2D eigenvalue weighted by atomic mass is 9.84. The maximum absolute atomic E-state index is 13.6. The second-order valence-electron chi connectivity index (χ2n) is 11.8. The minimum atomic E-state index is -0.799. The second kappa shape index (κ2) is 10.8. The summed E-state index contributed by atoms with van der Waals surface area (Å²) < 4.78 is 0. The summed E-state index contributed by atoms with van der Waals surface area (Å²) in [6, 6.07) is 6.64. The largest absolute Gasteiger partial charge is 0.391 e. The highest BCUT2D eigenvalue weighted by Gasteiger charge is 2.44. The molecule has 1 aliphatic heterocycles. The summed E-state index contributed by atoms with van der Waals surface area (Å²) in [6.07, 6.45) is 0.287. The van der Waals surface area contributed by atoms with Gasteiger partial charge in [-0.25, -0.2) is 4.98 Å². The Balaban J connectivity index is 1.69. The number of nitrogens with zero attached hydrogens (tertiary/aromatic N) is 2. The molecule has 2 N–H and O–H groups in total. The van der Waals surface area contributed by atoms with Crippen LogP contribution in [0.1, 0.15) is 65.6 Å². The summed E-state index contributed by atoms with van der Waals surface area (Å²) in [4.78, 5) is 46.5. The molecule has 1 fully saturated rings. The van der Waals surface area contributed by atoms with E-state index in [1.165, 1.54) is 4.90 Å². The first kappa shape index (κ1) is 28.0. The van der Waals surface area contributed by atoms with E-state index < -0.39 is 29.0 Å². The lowest BCUT2D eigenvalue weighted by Gasteiger charge is -2.36. The molecular weight excluding hydrogens is 474 g/mol. The number of aromatic nitrogens is 1. The van der Waals surface area contributed by atoms with E-state index in [1.54, 1.807) is 32.1 Å². The van der Waals surface area contributed by atoms with E-state index in [2.05, 4.69) is 10.3 Å². The smallest absolute Gasteiger partial charge is 0.246 e. The average molecular weight is 514 g/mol. The summed E-state index contributed by atoms with van der Waals surface area (Å²) in [5, 5.41) is 13.3. The van der Waals surface area contributed by atoms with Gasteiger partial charge in [-0.05, 0) is 29.9 Å². The zero-order valence-corrected chi connectivity index (χ0v) is 23.2. The van der Waals surface area contributed by atoms with Gasteiger partial charge in [0.1, 0.15) is 6.04 Å². The van der Waals surface area contributed by atoms with Crippen LogP contribution in [0.5, 0.6) is 0 Å². The fraction of sp³-hybridized carbons (Fsp3) is 0.571. The number of hydrogen-bond acceptors (Lipinski definition) is 6. The van der Waals surface area contributed by atoms with Crippen molar-refractivity contribution in [3.8, 4) is 10.4 Å². The Hall–Kier alpha value is -2.58. The van der Waals surface area contributed by atoms with Crippen LogP contribution < -0.4 is 5.32 Å². The zero-order valence-electron chi connectivity index (χ0n) is 22.4. The number of benzene rings is 1. The Morgan fingerprint density at radius 3 is 2.31 bits per heavy atom. The van der Waals surface area contributed by atoms with Gasteiger partial charge in [0, 0.05) is 24.8 Å². The predicted octanol–water partition coefficient (Wildman–Crippen LogP) is 4.16. The molecule has 2 aromatic rings. The molecule has 36 heavy (non-hydrogen) atoms. The van der Waals surface area contributed by atoms with Crippen LogP contribution in [0.4, 0.5) is 0 Å². The zero-order chi connectivity index (χ0) is 26.8. The lowest BCUT2D eigenvalue weighted by Crippen LogP contribution is -2.58. The van der Waals surface area contributed by atoms with Crippen molar-refractivity contribution in [1.82, 2.24) is 15.2 Å². The van der Waals surface area contributed by atoms with Crippen LogP contribution in [0.2, 0.25) is 0 Å². The molecule has 1 aromatic heterocycles. The quantitative estimate of drug-likeness (QED) is 0.579. The van der Waals surface area contributed by atoms with Crippen LogP contribution in [-0.4, -0.2) is 57.3 Å². The van der Waals surface area contributed by atoms with Gasteiger partial charge in [-0.3, -0.25) is 14.4 Å². The maximum atomic E-state index is 13.6. The number of aliphatic hydroxyl groups is 1. The topological polar surface area (TPSA) is 99.6 Å². The summed E-state index contributed by atoms with van der Waals surface area (Å²) in [5.74, 6) is -0.619. The fourth-order valence-corrected chi connectivity index (χ4v) is 5.17. The number of nitrogens with one attached hydrogen (secondary N) is 1. The molecule has 7 nitrogen and oxygen atoms in total. The van der Waals surface area contributed by atoms with E-state index in [1.807, 2.05) is 57.5 Å². The van der Waals surface area contributed by atoms with Gasteiger partial charge >= 0.3 is 0 Å². The van der Waals surface area contributed by atoms with Crippen LogP contribution in [0.15, 0.2) is 29.8 Å². The number of ketones is 1. The first-order valence-corrected chi connectivity index (χ1v) is 13.4. The molecule has 8 heteroatoms. The Labute approximate surface area is 218 Å². The first-order chi connectivity index (χ1) is 16.7. The highest BCUT2D eigenvalue weighted by Crippen LogP contribution is 2.29. The van der Waals surface area contributed by atoms with E-state index >= 15 is 0 Å². The van der Waals surface area contributed by atoms with Gasteiger partial charge in [-0.1, -0.05) is 65.8 Å². The van der Waals surface area contributed by atoms with Gasteiger partial charge in [0.05, 0.1) is 28.2 Å². The summed E-state index contributed by atoms with van der Waals surface area (Å²) >= 11 is 1.60. The molecule has 1 aliphatic rings. The standard InChI is InChI=1S/C28H39N3O4S/c1-17-23(36-16-29-17)19-11-8-18(9-12-19)10-13-22(33)21-14-20(32)15-31(21)25(34)24(27(2,3)4)30-26(35)28(5,6)7/h8-9,11-12,16,20-21,24,32H,10,13-15H2,1-7H3,(H,30,35)/t20-,21?,24-/m1/s1. The third-order valence-electron chi connectivity index (χ3n) is 6.63. The van der Waals surface area contributed by atoms with Crippen LogP contribution in [0, 0.1) is 17.8 Å². The number of amides is 2. The molecule has 2 amide bonds. The van der Waals surface area contributed by atoms with E-state index in [0.717, 1.165) is 21.7 Å². The fourth-order valence-electron chi connectivity index (χ4n) is 4.36. The number of hydrogen-bond donors (Lipinski definition) is 2. The van der Waals surface area contributed by atoms with Crippen LogP contribution in [-0.2, 0) is 20.8 Å². The van der Waals surface area contributed by atoms with Crippen LogP contribution >= 0.6 is 11.3 Å². The van der Waals surface area contributed by atoms with Crippen LogP contribution in [0.25, 0.3) is 10.4 Å². The van der Waals surface area contributed by atoms with Gasteiger partial charge in [-0.15, -0.1) is 11.3 Å². The molecule has 1 saturated heterocycles. The van der Waals surface area contributed by atoms with Crippen molar-refractivity contribution in [2.45, 2.75) is 85.9 Å².